The summed E-state index contributed by atoms with van der Waals surface area (Å²) >= 11 is 4.98. The number of halogens is 1. The van der Waals surface area contributed by atoms with Crippen LogP contribution in [0.1, 0.15) is 125 Å². The largest absolute Gasteiger partial charge is 0.337 e. The standard InChI is InChI=1S/C43H46BrN3S/c1-3-5-7-13-25-43(26-14-8-6-4-2)36-17-11-9-15-32(36)34-28-30(20-22-37(34)43)47-39-18-12-10-16-33(39)35-27-29(19-24-40(35)47)31-21-23-38(44)42-41(31)45-48-46-42/h9-12,15-18,20-23,27,30H,3-8,13-14,19,24-26,28H2,1-2H3. The lowest BCUT2D eigenvalue weighted by Gasteiger charge is -2.35. The second kappa shape index (κ2) is 13.6. The molecular weight excluding hydrogens is 670 g/mol. The maximum Gasteiger partial charge on any atom is 0.119 e. The Kier molecular flexibility index (Phi) is 9.02. The van der Waals surface area contributed by atoms with Crippen LogP contribution < -0.4 is 0 Å². The molecule has 0 bridgehead atoms. The fourth-order valence-corrected chi connectivity index (χ4v) is 10.3. The average Bonchev–Trinajstić information content (AvgIpc) is 3.82. The molecule has 0 aliphatic heterocycles. The first-order chi connectivity index (χ1) is 23.6. The summed E-state index contributed by atoms with van der Waals surface area (Å²) in [6.07, 6.45) is 23.8. The predicted octanol–water partition coefficient (Wildman–Crippen LogP) is 13.0. The number of nitrogens with zero attached hydrogens (tertiary/aromatic N) is 3. The number of unbranched alkanes of at least 4 members (excludes halogenated alkanes) is 6. The Morgan fingerprint density at radius 3 is 2.38 bits per heavy atom. The number of aromatic nitrogens is 3. The minimum Gasteiger partial charge on any atom is -0.337 e. The van der Waals surface area contributed by atoms with Crippen molar-refractivity contribution in [2.75, 3.05) is 0 Å². The zero-order valence-electron chi connectivity index (χ0n) is 28.4. The molecule has 1 unspecified atom stereocenters. The van der Waals surface area contributed by atoms with Gasteiger partial charge in [0.15, 0.2) is 0 Å². The van der Waals surface area contributed by atoms with Crippen LogP contribution in [0.25, 0.3) is 39.2 Å². The van der Waals surface area contributed by atoms with E-state index < -0.39 is 0 Å². The molecule has 3 aliphatic rings. The van der Waals surface area contributed by atoms with E-state index in [2.05, 4.69) is 118 Å². The molecule has 0 N–H and O–H groups in total. The molecule has 48 heavy (non-hydrogen) atoms. The van der Waals surface area contributed by atoms with Gasteiger partial charge >= 0.3 is 0 Å². The Bertz CT molecular complexity index is 2060. The molecule has 2 aromatic heterocycles. The highest BCUT2D eigenvalue weighted by Gasteiger charge is 2.44. The molecule has 0 amide bonds. The molecule has 5 heteroatoms. The quantitative estimate of drug-likeness (QED) is 0.120. The number of allylic oxidation sites excluding steroid dienone is 5. The summed E-state index contributed by atoms with van der Waals surface area (Å²) in [6.45, 7) is 4.66. The molecule has 0 radical (unpaired) electrons. The van der Waals surface area contributed by atoms with Crippen LogP contribution in [0.3, 0.4) is 0 Å². The summed E-state index contributed by atoms with van der Waals surface area (Å²) in [7, 11) is 0. The van der Waals surface area contributed by atoms with Crippen LogP contribution in [-0.2, 0) is 11.8 Å². The topological polar surface area (TPSA) is 30.7 Å². The second-order valence-corrected chi connectivity index (χ2v) is 15.6. The van der Waals surface area contributed by atoms with Crippen molar-refractivity contribution in [3.05, 3.63) is 111 Å². The Morgan fingerprint density at radius 2 is 1.56 bits per heavy atom. The third-order valence-corrected chi connectivity index (χ3v) is 12.6. The van der Waals surface area contributed by atoms with Gasteiger partial charge in [-0.3, -0.25) is 0 Å². The van der Waals surface area contributed by atoms with Crippen LogP contribution in [0.4, 0.5) is 0 Å². The van der Waals surface area contributed by atoms with Gasteiger partial charge in [-0.2, -0.15) is 8.75 Å². The van der Waals surface area contributed by atoms with E-state index in [1.807, 2.05) is 0 Å². The Morgan fingerprint density at radius 1 is 0.812 bits per heavy atom. The van der Waals surface area contributed by atoms with Crippen molar-refractivity contribution in [2.45, 2.75) is 109 Å². The van der Waals surface area contributed by atoms with Gasteiger partial charge in [0.1, 0.15) is 11.0 Å². The van der Waals surface area contributed by atoms with E-state index in [1.165, 1.54) is 115 Å². The number of rotatable bonds is 12. The zero-order chi connectivity index (χ0) is 32.7. The molecule has 3 nitrogen and oxygen atoms in total. The lowest BCUT2D eigenvalue weighted by Crippen LogP contribution is -2.27. The highest BCUT2D eigenvalue weighted by Crippen LogP contribution is 2.56. The number of fused-ring (bicyclic) bond motifs is 6. The molecular formula is C43H46BrN3S. The third-order valence-electron chi connectivity index (χ3n) is 11.5. The van der Waals surface area contributed by atoms with Gasteiger partial charge < -0.3 is 4.57 Å². The maximum atomic E-state index is 4.71. The predicted molar refractivity (Wildman–Crippen MR) is 209 cm³/mol. The summed E-state index contributed by atoms with van der Waals surface area (Å²) in [6, 6.07) is 23.2. The van der Waals surface area contributed by atoms with Crippen LogP contribution in [0.2, 0.25) is 0 Å². The molecule has 0 saturated heterocycles. The molecule has 246 valence electrons. The van der Waals surface area contributed by atoms with Gasteiger partial charge in [-0.25, -0.2) is 0 Å². The summed E-state index contributed by atoms with van der Waals surface area (Å²) in [5.74, 6) is 0. The smallest absolute Gasteiger partial charge is 0.119 e. The fraction of sp³-hybridized carbons (Fsp3) is 0.395. The number of para-hydroxylation sites is 1. The van der Waals surface area contributed by atoms with E-state index in [-0.39, 0.29) is 5.41 Å². The van der Waals surface area contributed by atoms with Crippen molar-refractivity contribution in [3.8, 4) is 0 Å². The van der Waals surface area contributed by atoms with Gasteiger partial charge in [-0.05, 0) is 94.1 Å². The monoisotopic (exact) mass is 715 g/mol. The van der Waals surface area contributed by atoms with Crippen LogP contribution in [0.15, 0.2) is 82.9 Å². The molecule has 0 spiro atoms. The van der Waals surface area contributed by atoms with Crippen LogP contribution in [0.5, 0.6) is 0 Å². The van der Waals surface area contributed by atoms with E-state index >= 15 is 0 Å². The number of benzene rings is 3. The minimum atomic E-state index is 0.158. The van der Waals surface area contributed by atoms with Crippen molar-refractivity contribution < 1.29 is 0 Å². The molecule has 3 aromatic carbocycles. The van der Waals surface area contributed by atoms with Gasteiger partial charge in [0.05, 0.1) is 17.8 Å². The molecule has 0 fully saturated rings. The van der Waals surface area contributed by atoms with Crippen molar-refractivity contribution >= 4 is 66.8 Å². The Balaban J connectivity index is 1.19. The number of hydrogen-bond acceptors (Lipinski definition) is 3. The molecule has 3 aliphatic carbocycles. The summed E-state index contributed by atoms with van der Waals surface area (Å²) in [5, 5.41) is 1.36. The summed E-state index contributed by atoms with van der Waals surface area (Å²) < 4.78 is 13.0. The minimum absolute atomic E-state index is 0.158. The lowest BCUT2D eigenvalue weighted by molar-refractivity contribution is 0.396. The van der Waals surface area contributed by atoms with Gasteiger partial charge in [0.25, 0.3) is 0 Å². The summed E-state index contributed by atoms with van der Waals surface area (Å²) in [5.41, 5.74) is 15.3. The first-order valence-corrected chi connectivity index (χ1v) is 19.9. The Hall–Kier alpha value is -3.28. The maximum absolute atomic E-state index is 4.71. The van der Waals surface area contributed by atoms with Gasteiger partial charge in [-0.1, -0.05) is 126 Å². The van der Waals surface area contributed by atoms with Crippen LogP contribution in [0, 0.1) is 0 Å². The fourth-order valence-electron chi connectivity index (χ4n) is 9.20. The van der Waals surface area contributed by atoms with Crippen LogP contribution >= 0.6 is 27.7 Å². The van der Waals surface area contributed by atoms with E-state index in [0.717, 1.165) is 34.8 Å². The highest BCUT2D eigenvalue weighted by molar-refractivity contribution is 9.10. The van der Waals surface area contributed by atoms with Crippen molar-refractivity contribution in [1.29, 1.82) is 0 Å². The summed E-state index contributed by atoms with van der Waals surface area (Å²) in [4.78, 5) is 0. The van der Waals surface area contributed by atoms with Crippen molar-refractivity contribution in [2.24, 2.45) is 0 Å². The van der Waals surface area contributed by atoms with Crippen molar-refractivity contribution in [1.82, 2.24) is 13.3 Å². The third kappa shape index (κ3) is 5.37. The molecule has 5 aromatic rings. The van der Waals surface area contributed by atoms with Crippen LogP contribution in [-0.4, -0.2) is 13.3 Å². The van der Waals surface area contributed by atoms with Crippen molar-refractivity contribution in [3.63, 3.8) is 0 Å². The van der Waals surface area contributed by atoms with Gasteiger partial charge in [0.2, 0.25) is 0 Å². The average molecular weight is 717 g/mol. The number of hydrogen-bond donors (Lipinski definition) is 0. The Labute approximate surface area is 298 Å². The van der Waals surface area contributed by atoms with E-state index in [4.69, 9.17) is 4.37 Å². The molecule has 0 saturated carbocycles. The lowest BCUT2D eigenvalue weighted by atomic mass is 9.69. The highest BCUT2D eigenvalue weighted by atomic mass is 79.9. The normalized spacial score (nSPS) is 18.0. The van der Waals surface area contributed by atoms with Gasteiger partial charge in [-0.15, -0.1) is 0 Å². The first-order valence-electron chi connectivity index (χ1n) is 18.4. The SMILES string of the molecule is CCCCCCC1(CCCCCC)C2=C(CC(n3c4c(c5ccccc53)C=C(c3ccc(Br)c5nsnc35)CC4)C=C2)c2ccccc21. The molecule has 2 heterocycles. The van der Waals surface area contributed by atoms with E-state index in [1.54, 1.807) is 16.7 Å². The second-order valence-electron chi connectivity index (χ2n) is 14.2. The van der Waals surface area contributed by atoms with E-state index in [9.17, 15) is 0 Å². The van der Waals surface area contributed by atoms with E-state index in [0.29, 0.717) is 6.04 Å². The first kappa shape index (κ1) is 32.0. The molecule has 1 atom stereocenters. The van der Waals surface area contributed by atoms with Gasteiger partial charge in [0, 0.05) is 37.6 Å². The zero-order valence-corrected chi connectivity index (χ0v) is 30.8. The molecule has 8 rings (SSSR count).